The highest BCUT2D eigenvalue weighted by Gasteiger charge is 2.40. The highest BCUT2D eigenvalue weighted by Crippen LogP contribution is 2.30. The molecule has 0 unspecified atom stereocenters. The molecular formula is C18H21N3O4. The van der Waals surface area contributed by atoms with Crippen LogP contribution in [0.4, 0.5) is 0 Å². The fourth-order valence-electron chi connectivity index (χ4n) is 2.97. The lowest BCUT2D eigenvalue weighted by Crippen LogP contribution is -2.46. The van der Waals surface area contributed by atoms with Crippen molar-refractivity contribution >= 4 is 11.9 Å². The third kappa shape index (κ3) is 3.56. The van der Waals surface area contributed by atoms with Gasteiger partial charge in [0.2, 0.25) is 0 Å². The first-order chi connectivity index (χ1) is 12.0. The number of amides is 1. The van der Waals surface area contributed by atoms with Crippen LogP contribution in [0.25, 0.3) is 5.69 Å². The van der Waals surface area contributed by atoms with E-state index in [2.05, 4.69) is 10.4 Å². The molecule has 1 fully saturated rings. The summed E-state index contributed by atoms with van der Waals surface area (Å²) in [6, 6.07) is 8.96. The Kier molecular flexibility index (Phi) is 4.85. The number of carboxylic acids is 1. The predicted octanol–water partition coefficient (Wildman–Crippen LogP) is 1.79. The van der Waals surface area contributed by atoms with Crippen LogP contribution in [0.1, 0.15) is 28.9 Å². The van der Waals surface area contributed by atoms with Gasteiger partial charge in [0, 0.05) is 37.2 Å². The summed E-state index contributed by atoms with van der Waals surface area (Å²) in [4.78, 5) is 24.0. The van der Waals surface area contributed by atoms with Crippen LogP contribution in [-0.4, -0.2) is 46.5 Å². The third-order valence-corrected chi connectivity index (χ3v) is 4.70. The number of benzene rings is 1. The Balaban J connectivity index is 1.67. The van der Waals surface area contributed by atoms with E-state index in [-0.39, 0.29) is 12.5 Å². The number of ether oxygens (including phenoxy) is 1. The molecule has 1 aromatic carbocycles. The van der Waals surface area contributed by atoms with Crippen molar-refractivity contribution in [3.05, 3.63) is 47.8 Å². The molecule has 1 amide bonds. The second-order valence-electron chi connectivity index (χ2n) is 6.31. The van der Waals surface area contributed by atoms with E-state index in [9.17, 15) is 14.7 Å². The minimum absolute atomic E-state index is 0.102. The summed E-state index contributed by atoms with van der Waals surface area (Å²) in [6.45, 7) is 2.86. The molecule has 0 atom stereocenters. The molecule has 1 aliphatic heterocycles. The highest BCUT2D eigenvalue weighted by atomic mass is 16.5. The van der Waals surface area contributed by atoms with E-state index in [1.807, 2.05) is 25.1 Å². The summed E-state index contributed by atoms with van der Waals surface area (Å²) >= 11 is 0. The van der Waals surface area contributed by atoms with Gasteiger partial charge < -0.3 is 15.2 Å². The van der Waals surface area contributed by atoms with Gasteiger partial charge in [0.25, 0.3) is 5.91 Å². The summed E-state index contributed by atoms with van der Waals surface area (Å²) < 4.78 is 7.02. The lowest BCUT2D eigenvalue weighted by Gasteiger charge is -2.33. The number of nitrogens with zero attached hydrogens (tertiary/aromatic N) is 2. The molecule has 0 aliphatic carbocycles. The highest BCUT2D eigenvalue weighted by molar-refractivity contribution is 5.94. The fraction of sp³-hybridized carbons (Fsp3) is 0.389. The third-order valence-electron chi connectivity index (χ3n) is 4.70. The summed E-state index contributed by atoms with van der Waals surface area (Å²) in [5.41, 5.74) is 1.41. The van der Waals surface area contributed by atoms with Crippen molar-refractivity contribution < 1.29 is 19.4 Å². The Morgan fingerprint density at radius 1 is 1.24 bits per heavy atom. The second kappa shape index (κ2) is 7.06. The fourth-order valence-corrected chi connectivity index (χ4v) is 2.97. The van der Waals surface area contributed by atoms with Gasteiger partial charge in [-0.25, -0.2) is 4.68 Å². The largest absolute Gasteiger partial charge is 0.481 e. The average Bonchev–Trinajstić information content (AvgIpc) is 3.06. The van der Waals surface area contributed by atoms with Gasteiger partial charge in [-0.3, -0.25) is 9.59 Å². The van der Waals surface area contributed by atoms with Crippen LogP contribution in [0.15, 0.2) is 36.5 Å². The number of aryl methyl sites for hydroxylation is 1. The molecule has 0 radical (unpaired) electrons. The van der Waals surface area contributed by atoms with Gasteiger partial charge >= 0.3 is 5.97 Å². The second-order valence-corrected chi connectivity index (χ2v) is 6.31. The van der Waals surface area contributed by atoms with Gasteiger partial charge in [-0.05, 0) is 50.1 Å². The van der Waals surface area contributed by atoms with Crippen LogP contribution in [0.2, 0.25) is 0 Å². The number of hydrogen-bond acceptors (Lipinski definition) is 4. The minimum atomic E-state index is -0.944. The van der Waals surface area contributed by atoms with Crippen LogP contribution in [0.3, 0.4) is 0 Å². The van der Waals surface area contributed by atoms with Gasteiger partial charge in [0.1, 0.15) is 0 Å². The molecule has 25 heavy (non-hydrogen) atoms. The Bertz CT molecular complexity index is 761. The topological polar surface area (TPSA) is 93.5 Å². The van der Waals surface area contributed by atoms with Crippen molar-refractivity contribution in [1.82, 2.24) is 15.1 Å². The van der Waals surface area contributed by atoms with Gasteiger partial charge in [0.15, 0.2) is 0 Å². The molecule has 0 spiro atoms. The summed E-state index contributed by atoms with van der Waals surface area (Å²) in [6.07, 6.45) is 2.52. The maximum absolute atomic E-state index is 12.4. The Morgan fingerprint density at radius 3 is 2.48 bits per heavy atom. The van der Waals surface area contributed by atoms with E-state index in [1.165, 1.54) is 0 Å². The SMILES string of the molecule is Cc1ccnn1-c1ccc(C(=O)NCC2(C(=O)O)CCOCC2)cc1. The van der Waals surface area contributed by atoms with Crippen LogP contribution in [-0.2, 0) is 9.53 Å². The molecule has 2 aromatic rings. The van der Waals surface area contributed by atoms with Crippen molar-refractivity contribution in [2.24, 2.45) is 5.41 Å². The Morgan fingerprint density at radius 2 is 1.92 bits per heavy atom. The van der Waals surface area contributed by atoms with Crippen LogP contribution < -0.4 is 5.32 Å². The normalized spacial score (nSPS) is 16.4. The van der Waals surface area contributed by atoms with Crippen molar-refractivity contribution in [1.29, 1.82) is 0 Å². The van der Waals surface area contributed by atoms with Crippen molar-refractivity contribution in [2.75, 3.05) is 19.8 Å². The molecule has 1 aromatic heterocycles. The lowest BCUT2D eigenvalue weighted by atomic mass is 9.80. The molecule has 7 nitrogen and oxygen atoms in total. The number of rotatable bonds is 5. The van der Waals surface area contributed by atoms with Crippen LogP contribution in [0.5, 0.6) is 0 Å². The maximum atomic E-state index is 12.4. The Hall–Kier alpha value is -2.67. The molecule has 2 heterocycles. The molecule has 1 saturated heterocycles. The first kappa shape index (κ1) is 17.2. The summed E-state index contributed by atoms with van der Waals surface area (Å²) in [7, 11) is 0. The zero-order chi connectivity index (χ0) is 17.9. The van der Waals surface area contributed by atoms with Gasteiger partial charge in [-0.15, -0.1) is 0 Å². The maximum Gasteiger partial charge on any atom is 0.311 e. The number of aromatic nitrogens is 2. The molecule has 0 bridgehead atoms. The number of aliphatic carboxylic acids is 1. The van der Waals surface area contributed by atoms with Crippen LogP contribution in [0, 0.1) is 12.3 Å². The van der Waals surface area contributed by atoms with E-state index in [0.29, 0.717) is 31.6 Å². The zero-order valence-electron chi connectivity index (χ0n) is 14.1. The van der Waals surface area contributed by atoms with E-state index >= 15 is 0 Å². The quantitative estimate of drug-likeness (QED) is 0.863. The minimum Gasteiger partial charge on any atom is -0.481 e. The average molecular weight is 343 g/mol. The lowest BCUT2D eigenvalue weighted by molar-refractivity contribution is -0.154. The summed E-state index contributed by atoms with van der Waals surface area (Å²) in [5.74, 6) is -1.17. The molecule has 1 aliphatic rings. The molecule has 3 rings (SSSR count). The first-order valence-corrected chi connectivity index (χ1v) is 8.22. The zero-order valence-corrected chi connectivity index (χ0v) is 14.1. The number of hydrogen-bond donors (Lipinski definition) is 2. The summed E-state index contributed by atoms with van der Waals surface area (Å²) in [5, 5.41) is 16.5. The van der Waals surface area contributed by atoms with E-state index in [0.717, 1.165) is 11.4 Å². The molecule has 2 N–H and O–H groups in total. The molecule has 7 heteroatoms. The van der Waals surface area contributed by atoms with Crippen molar-refractivity contribution in [2.45, 2.75) is 19.8 Å². The van der Waals surface area contributed by atoms with Crippen molar-refractivity contribution in [3.63, 3.8) is 0 Å². The standard InChI is InChI=1S/C18H21N3O4/c1-13-6-9-20-21(13)15-4-2-14(3-5-15)16(22)19-12-18(17(23)24)7-10-25-11-8-18/h2-6,9H,7-8,10-12H2,1H3,(H,19,22)(H,23,24). The van der Waals surface area contributed by atoms with Gasteiger partial charge in [0.05, 0.1) is 11.1 Å². The monoisotopic (exact) mass is 343 g/mol. The Labute approximate surface area is 145 Å². The smallest absolute Gasteiger partial charge is 0.311 e. The van der Waals surface area contributed by atoms with E-state index < -0.39 is 11.4 Å². The van der Waals surface area contributed by atoms with E-state index in [4.69, 9.17) is 4.74 Å². The van der Waals surface area contributed by atoms with Gasteiger partial charge in [-0.1, -0.05) is 0 Å². The number of nitrogens with one attached hydrogen (secondary N) is 1. The van der Waals surface area contributed by atoms with Crippen molar-refractivity contribution in [3.8, 4) is 5.69 Å². The van der Waals surface area contributed by atoms with Gasteiger partial charge in [-0.2, -0.15) is 5.10 Å². The number of carbonyl (C=O) groups is 2. The van der Waals surface area contributed by atoms with E-state index in [1.54, 1.807) is 23.0 Å². The number of carbonyl (C=O) groups excluding carboxylic acids is 1. The first-order valence-electron chi connectivity index (χ1n) is 8.22. The molecule has 132 valence electrons. The molecule has 0 saturated carbocycles. The molecular weight excluding hydrogens is 322 g/mol. The predicted molar refractivity (Wildman–Crippen MR) is 90.8 cm³/mol. The number of carboxylic acid groups (broad SMARTS) is 1. The van der Waals surface area contributed by atoms with Crippen LogP contribution >= 0.6 is 0 Å².